The molecule has 0 unspecified atom stereocenters. The normalized spacial score (nSPS) is 14.3. The maximum absolute atomic E-state index is 12.5. The number of carbonyl (C=O) groups is 3. The molecule has 0 atom stereocenters. The Bertz CT molecular complexity index is 772. The predicted octanol–water partition coefficient (Wildman–Crippen LogP) is 1.37. The Morgan fingerprint density at radius 2 is 1.74 bits per heavy atom. The number of benzene rings is 1. The number of piperazine rings is 1. The lowest BCUT2D eigenvalue weighted by Gasteiger charge is -2.34. The second-order valence-corrected chi connectivity index (χ2v) is 5.91. The number of anilines is 1. The Morgan fingerprint density at radius 3 is 2.26 bits per heavy atom. The first-order valence-corrected chi connectivity index (χ1v) is 8.65. The molecule has 1 saturated heterocycles. The van der Waals surface area contributed by atoms with Gasteiger partial charge in [0.25, 0.3) is 5.91 Å². The first kappa shape index (κ1) is 20.0. The third-order valence-electron chi connectivity index (χ3n) is 4.14. The predicted molar refractivity (Wildman–Crippen MR) is 98.6 cm³/mol. The summed E-state index contributed by atoms with van der Waals surface area (Å²) in [5.41, 5.74) is 1.03. The summed E-state index contributed by atoms with van der Waals surface area (Å²) in [5, 5.41) is 12.2. The average molecular weight is 370 g/mol. The minimum absolute atomic E-state index is 0.0221. The van der Waals surface area contributed by atoms with Gasteiger partial charge in [0, 0.05) is 45.0 Å². The van der Waals surface area contributed by atoms with Crippen molar-refractivity contribution in [3.63, 3.8) is 0 Å². The fourth-order valence-corrected chi connectivity index (χ4v) is 2.61. The zero-order valence-electron chi connectivity index (χ0n) is 15.4. The fraction of sp³-hybridized carbons (Fsp3) is 0.368. The van der Waals surface area contributed by atoms with E-state index >= 15 is 0 Å². The van der Waals surface area contributed by atoms with Crippen LogP contribution in [0.5, 0.6) is 0 Å². The number of hydrogen-bond acceptors (Lipinski definition) is 6. The van der Waals surface area contributed by atoms with E-state index in [4.69, 9.17) is 4.74 Å². The second-order valence-electron chi connectivity index (χ2n) is 5.91. The van der Waals surface area contributed by atoms with Gasteiger partial charge in [-0.05, 0) is 31.2 Å². The first-order chi connectivity index (χ1) is 13.0. The van der Waals surface area contributed by atoms with Crippen LogP contribution in [0.25, 0.3) is 0 Å². The van der Waals surface area contributed by atoms with Crippen molar-refractivity contribution in [3.05, 3.63) is 41.6 Å². The molecule has 1 aliphatic rings. The summed E-state index contributed by atoms with van der Waals surface area (Å²) in [4.78, 5) is 38.7. The largest absolute Gasteiger partial charge is 0.462 e. The molecule has 0 saturated carbocycles. The number of carbonyl (C=O) groups excluding carboxylic acids is 3. The molecule has 1 aromatic rings. The molecule has 0 aromatic heterocycles. The Labute approximate surface area is 158 Å². The molecule has 27 heavy (non-hydrogen) atoms. The second kappa shape index (κ2) is 9.38. The van der Waals surface area contributed by atoms with Crippen LogP contribution in [-0.2, 0) is 14.3 Å². The molecular weight excluding hydrogens is 348 g/mol. The van der Waals surface area contributed by atoms with E-state index in [1.165, 1.54) is 13.1 Å². The van der Waals surface area contributed by atoms with Gasteiger partial charge in [0.2, 0.25) is 5.91 Å². The third-order valence-corrected chi connectivity index (χ3v) is 4.14. The summed E-state index contributed by atoms with van der Waals surface area (Å²) in [6.07, 6.45) is 1.35. The van der Waals surface area contributed by atoms with Crippen molar-refractivity contribution in [3.8, 4) is 6.07 Å². The van der Waals surface area contributed by atoms with Crippen LogP contribution in [0.3, 0.4) is 0 Å². The molecule has 1 heterocycles. The SMILES string of the molecule is CCOC(=O)c1ccc(N/C=C(/C#N)C(=O)N2CCN(C(C)=O)CC2)cc1. The van der Waals surface area contributed by atoms with Crippen molar-refractivity contribution < 1.29 is 19.1 Å². The van der Waals surface area contributed by atoms with Crippen LogP contribution in [0.2, 0.25) is 0 Å². The van der Waals surface area contributed by atoms with E-state index in [-0.39, 0.29) is 17.4 Å². The van der Waals surface area contributed by atoms with Crippen molar-refractivity contribution in [2.24, 2.45) is 0 Å². The van der Waals surface area contributed by atoms with Gasteiger partial charge in [-0.25, -0.2) is 4.79 Å². The van der Waals surface area contributed by atoms with E-state index in [1.54, 1.807) is 41.0 Å². The summed E-state index contributed by atoms with van der Waals surface area (Å²) in [5.74, 6) is -0.806. The Morgan fingerprint density at radius 1 is 1.15 bits per heavy atom. The highest BCUT2D eigenvalue weighted by molar-refractivity contribution is 5.97. The number of nitriles is 1. The minimum atomic E-state index is -0.405. The fourth-order valence-electron chi connectivity index (χ4n) is 2.61. The first-order valence-electron chi connectivity index (χ1n) is 8.65. The number of rotatable bonds is 5. The van der Waals surface area contributed by atoms with Crippen LogP contribution in [-0.4, -0.2) is 60.4 Å². The molecule has 2 rings (SSSR count). The van der Waals surface area contributed by atoms with E-state index in [9.17, 15) is 19.6 Å². The van der Waals surface area contributed by atoms with Gasteiger partial charge in [0.15, 0.2) is 0 Å². The van der Waals surface area contributed by atoms with Gasteiger partial charge in [-0.3, -0.25) is 9.59 Å². The Hall–Kier alpha value is -3.34. The highest BCUT2D eigenvalue weighted by Gasteiger charge is 2.24. The quantitative estimate of drug-likeness (QED) is 0.477. The summed E-state index contributed by atoms with van der Waals surface area (Å²) < 4.78 is 4.92. The van der Waals surface area contributed by atoms with Gasteiger partial charge in [-0.2, -0.15) is 5.26 Å². The van der Waals surface area contributed by atoms with Gasteiger partial charge in [-0.15, -0.1) is 0 Å². The Kier molecular flexibility index (Phi) is 6.94. The number of ether oxygens (including phenoxy) is 1. The molecule has 8 heteroatoms. The molecule has 1 N–H and O–H groups in total. The molecular formula is C19H22N4O4. The molecule has 1 aliphatic heterocycles. The number of esters is 1. The summed E-state index contributed by atoms with van der Waals surface area (Å²) in [6.45, 7) is 5.24. The molecule has 2 amide bonds. The molecule has 0 radical (unpaired) electrons. The zero-order chi connectivity index (χ0) is 19.8. The lowest BCUT2D eigenvalue weighted by atomic mass is 10.2. The molecule has 8 nitrogen and oxygen atoms in total. The van der Waals surface area contributed by atoms with Crippen LogP contribution in [0.4, 0.5) is 5.69 Å². The lowest BCUT2D eigenvalue weighted by Crippen LogP contribution is -2.50. The smallest absolute Gasteiger partial charge is 0.338 e. The van der Waals surface area contributed by atoms with Crippen molar-refractivity contribution in [1.82, 2.24) is 9.80 Å². The van der Waals surface area contributed by atoms with Crippen LogP contribution < -0.4 is 5.32 Å². The van der Waals surface area contributed by atoms with Crippen LogP contribution in [0.1, 0.15) is 24.2 Å². The van der Waals surface area contributed by atoms with Crippen molar-refractivity contribution in [2.45, 2.75) is 13.8 Å². The van der Waals surface area contributed by atoms with E-state index < -0.39 is 5.97 Å². The minimum Gasteiger partial charge on any atom is -0.462 e. The maximum Gasteiger partial charge on any atom is 0.338 e. The number of hydrogen-bond donors (Lipinski definition) is 1. The summed E-state index contributed by atoms with van der Waals surface area (Å²) in [7, 11) is 0. The molecule has 0 bridgehead atoms. The van der Waals surface area contributed by atoms with Crippen LogP contribution in [0, 0.1) is 11.3 Å². The molecule has 1 aromatic carbocycles. The van der Waals surface area contributed by atoms with Gasteiger partial charge in [-0.1, -0.05) is 0 Å². The zero-order valence-corrected chi connectivity index (χ0v) is 15.4. The monoisotopic (exact) mass is 370 g/mol. The lowest BCUT2D eigenvalue weighted by molar-refractivity contribution is -0.136. The van der Waals surface area contributed by atoms with Gasteiger partial charge < -0.3 is 19.9 Å². The highest BCUT2D eigenvalue weighted by Crippen LogP contribution is 2.12. The van der Waals surface area contributed by atoms with Gasteiger partial charge in [0.1, 0.15) is 11.6 Å². The van der Waals surface area contributed by atoms with Crippen LogP contribution >= 0.6 is 0 Å². The third kappa shape index (κ3) is 5.31. The Balaban J connectivity index is 1.98. The average Bonchev–Trinajstić information content (AvgIpc) is 2.69. The summed E-state index contributed by atoms with van der Waals surface area (Å²) in [6, 6.07) is 8.42. The maximum atomic E-state index is 12.5. The molecule has 1 fully saturated rings. The van der Waals surface area contributed by atoms with Crippen molar-refractivity contribution in [2.75, 3.05) is 38.1 Å². The molecule has 0 aliphatic carbocycles. The van der Waals surface area contributed by atoms with Gasteiger partial charge in [0.05, 0.1) is 12.2 Å². The van der Waals surface area contributed by atoms with E-state index in [2.05, 4.69) is 5.32 Å². The molecule has 142 valence electrons. The molecule has 0 spiro atoms. The van der Waals surface area contributed by atoms with Gasteiger partial charge >= 0.3 is 5.97 Å². The summed E-state index contributed by atoms with van der Waals surface area (Å²) >= 11 is 0. The highest BCUT2D eigenvalue weighted by atomic mass is 16.5. The number of amides is 2. The van der Waals surface area contributed by atoms with E-state index in [0.29, 0.717) is 44.0 Å². The number of nitrogens with one attached hydrogen (secondary N) is 1. The number of nitrogens with zero attached hydrogens (tertiary/aromatic N) is 3. The van der Waals surface area contributed by atoms with Crippen molar-refractivity contribution >= 4 is 23.5 Å². The van der Waals surface area contributed by atoms with Crippen molar-refractivity contribution in [1.29, 1.82) is 5.26 Å². The standard InChI is InChI=1S/C19H22N4O4/c1-3-27-19(26)15-4-6-17(7-5-15)21-13-16(12-20)18(25)23-10-8-22(9-11-23)14(2)24/h4-7,13,21H,3,8-11H2,1-2H3/b16-13-. The van der Waals surface area contributed by atoms with Crippen LogP contribution in [0.15, 0.2) is 36.0 Å². The van der Waals surface area contributed by atoms with E-state index in [1.807, 2.05) is 6.07 Å². The topological polar surface area (TPSA) is 103 Å². The van der Waals surface area contributed by atoms with E-state index in [0.717, 1.165) is 0 Å².